The molecule has 2 aliphatic rings. The highest BCUT2D eigenvalue weighted by Gasteiger charge is 2.40. The molecule has 0 spiro atoms. The third kappa shape index (κ3) is 6.18. The fourth-order valence-electron chi connectivity index (χ4n) is 6.75. The lowest BCUT2D eigenvalue weighted by Gasteiger charge is -2.45. The van der Waals surface area contributed by atoms with Crippen LogP contribution in [0.4, 0.5) is 5.95 Å². The van der Waals surface area contributed by atoms with E-state index in [9.17, 15) is 8.42 Å². The van der Waals surface area contributed by atoms with E-state index < -0.39 is 10.0 Å². The van der Waals surface area contributed by atoms with E-state index in [0.29, 0.717) is 35.9 Å². The van der Waals surface area contributed by atoms with Crippen molar-refractivity contribution >= 4 is 16.0 Å². The molecule has 0 amide bonds. The molecule has 5 rings (SSSR count). The molecule has 7 nitrogen and oxygen atoms in total. The number of hydrogen-bond donors (Lipinski definition) is 1. The number of benzene rings is 2. The second-order valence-electron chi connectivity index (χ2n) is 12.4. The van der Waals surface area contributed by atoms with E-state index in [4.69, 9.17) is 4.74 Å². The zero-order chi connectivity index (χ0) is 28.6. The van der Waals surface area contributed by atoms with Gasteiger partial charge in [0.1, 0.15) is 0 Å². The quantitative estimate of drug-likeness (QED) is 0.380. The van der Waals surface area contributed by atoms with E-state index >= 15 is 0 Å². The molecule has 1 saturated carbocycles. The molecular weight excluding hydrogens is 520 g/mol. The van der Waals surface area contributed by atoms with Gasteiger partial charge in [0.2, 0.25) is 11.8 Å². The van der Waals surface area contributed by atoms with Crippen molar-refractivity contribution in [1.29, 1.82) is 0 Å². The lowest BCUT2D eigenvalue weighted by atomic mass is 9.62. The third-order valence-corrected chi connectivity index (χ3v) is 9.68. The van der Waals surface area contributed by atoms with E-state index in [0.717, 1.165) is 48.1 Å². The van der Waals surface area contributed by atoms with Crippen molar-refractivity contribution in [3.8, 4) is 17.1 Å². The highest BCUT2D eigenvalue weighted by molar-refractivity contribution is 7.92. The Labute approximate surface area is 239 Å². The third-order valence-electron chi connectivity index (χ3n) is 8.35. The minimum atomic E-state index is -3.91. The second-order valence-corrected chi connectivity index (χ2v) is 14.1. The van der Waals surface area contributed by atoms with Gasteiger partial charge in [-0.2, -0.15) is 4.98 Å². The predicted molar refractivity (Wildman–Crippen MR) is 160 cm³/mol. The number of fused-ring (bicyclic) bond motifs is 4. The van der Waals surface area contributed by atoms with Crippen molar-refractivity contribution < 1.29 is 13.2 Å². The SMILES string of the molecule is Cc1cccc(C)c1-c1cc2nc(n1)NS(=O)(=O)c1cccc(c1)C(C1CC(CN(C)C)C1)[C@H](CC(C)C)CO2. The molecular formula is C32H42N4O3S. The summed E-state index contributed by atoms with van der Waals surface area (Å²) in [5.41, 5.74) is 4.80. The summed E-state index contributed by atoms with van der Waals surface area (Å²) in [5.74, 6) is 2.45. The molecule has 2 atom stereocenters. The number of ether oxygens (including phenoxy) is 1. The molecule has 4 bridgehead atoms. The first-order chi connectivity index (χ1) is 19.0. The number of anilines is 1. The zero-order valence-electron chi connectivity index (χ0n) is 24.5. The molecule has 3 aromatic rings. The Morgan fingerprint density at radius 1 is 1.02 bits per heavy atom. The topological polar surface area (TPSA) is 84.4 Å². The van der Waals surface area contributed by atoms with Gasteiger partial charge >= 0.3 is 0 Å². The van der Waals surface area contributed by atoms with Crippen LogP contribution in [0, 0.1) is 37.5 Å². The summed E-state index contributed by atoms with van der Waals surface area (Å²) in [6.45, 7) is 10.1. The molecule has 214 valence electrons. The van der Waals surface area contributed by atoms with Gasteiger partial charge in [0, 0.05) is 24.1 Å². The molecule has 1 aliphatic carbocycles. The molecule has 1 aliphatic heterocycles. The van der Waals surface area contributed by atoms with Crippen molar-refractivity contribution in [2.45, 2.75) is 57.8 Å². The fraction of sp³-hybridized carbons (Fsp3) is 0.500. The van der Waals surface area contributed by atoms with Crippen LogP contribution in [-0.4, -0.2) is 50.5 Å². The van der Waals surface area contributed by atoms with Gasteiger partial charge in [-0.3, -0.25) is 0 Å². The van der Waals surface area contributed by atoms with Crippen LogP contribution in [-0.2, 0) is 10.0 Å². The summed E-state index contributed by atoms with van der Waals surface area (Å²) < 4.78 is 36.4. The standard InChI is InChI=1S/C32H42N4O3S/c1-20(2)13-26-19-39-29-17-28(30-21(3)9-7-10-22(30)4)33-32(34-29)35-40(37,38)27-12-8-11-24(16-27)31(26)25-14-23(15-25)18-36(5)6/h7-12,16-17,20,23,25-26,31H,13-15,18-19H2,1-6H3,(H,33,34,35)/t23?,25?,26-,31?/m1/s1. The monoisotopic (exact) mass is 562 g/mol. The molecule has 1 fully saturated rings. The minimum absolute atomic E-state index is 0.0172. The number of aromatic nitrogens is 2. The second kappa shape index (κ2) is 11.5. The van der Waals surface area contributed by atoms with Crippen molar-refractivity contribution in [1.82, 2.24) is 14.9 Å². The largest absolute Gasteiger partial charge is 0.477 e. The van der Waals surface area contributed by atoms with Gasteiger partial charge in [-0.15, -0.1) is 0 Å². The van der Waals surface area contributed by atoms with E-state index in [1.54, 1.807) is 6.07 Å². The van der Waals surface area contributed by atoms with Crippen molar-refractivity contribution in [2.24, 2.45) is 23.7 Å². The van der Waals surface area contributed by atoms with E-state index in [-0.39, 0.29) is 22.7 Å². The van der Waals surface area contributed by atoms with Gasteiger partial charge < -0.3 is 9.64 Å². The molecule has 0 saturated heterocycles. The first kappa shape index (κ1) is 28.6. The maximum absolute atomic E-state index is 13.6. The minimum Gasteiger partial charge on any atom is -0.477 e. The molecule has 8 heteroatoms. The first-order valence-electron chi connectivity index (χ1n) is 14.4. The van der Waals surface area contributed by atoms with Crippen molar-refractivity contribution in [3.63, 3.8) is 0 Å². The molecule has 0 radical (unpaired) electrons. The van der Waals surface area contributed by atoms with Crippen LogP contribution in [0.1, 0.15) is 55.7 Å². The van der Waals surface area contributed by atoms with Crippen LogP contribution in [0.5, 0.6) is 5.88 Å². The van der Waals surface area contributed by atoms with Crippen molar-refractivity contribution in [2.75, 3.05) is 32.0 Å². The molecule has 1 unspecified atom stereocenters. The van der Waals surface area contributed by atoms with E-state index in [1.807, 2.05) is 50.2 Å². The van der Waals surface area contributed by atoms with E-state index in [2.05, 4.69) is 53.6 Å². The van der Waals surface area contributed by atoms with Gasteiger partial charge in [-0.25, -0.2) is 18.1 Å². The Bertz CT molecular complexity index is 1440. The number of nitrogens with zero attached hydrogens (tertiary/aromatic N) is 3. The van der Waals surface area contributed by atoms with Crippen LogP contribution in [0.3, 0.4) is 0 Å². The maximum Gasteiger partial charge on any atom is 0.264 e. The summed E-state index contributed by atoms with van der Waals surface area (Å²) in [7, 11) is 0.347. The van der Waals surface area contributed by atoms with Gasteiger partial charge in [-0.05, 0) is 99.7 Å². The molecule has 40 heavy (non-hydrogen) atoms. The first-order valence-corrected chi connectivity index (χ1v) is 15.8. The summed E-state index contributed by atoms with van der Waals surface area (Å²) >= 11 is 0. The Balaban J connectivity index is 1.60. The average molecular weight is 563 g/mol. The lowest BCUT2D eigenvalue weighted by molar-refractivity contribution is 0.0797. The Kier molecular flexibility index (Phi) is 8.20. The summed E-state index contributed by atoms with van der Waals surface area (Å²) in [4.78, 5) is 11.7. The maximum atomic E-state index is 13.6. The lowest BCUT2D eigenvalue weighted by Crippen LogP contribution is -2.39. The summed E-state index contributed by atoms with van der Waals surface area (Å²) in [6.07, 6.45) is 3.26. The Hall–Kier alpha value is -2.97. The zero-order valence-corrected chi connectivity index (χ0v) is 25.3. The number of nitrogens with one attached hydrogen (secondary N) is 1. The number of hydrogen-bond acceptors (Lipinski definition) is 6. The summed E-state index contributed by atoms with van der Waals surface area (Å²) in [6, 6.07) is 15.4. The summed E-state index contributed by atoms with van der Waals surface area (Å²) in [5, 5.41) is 0. The van der Waals surface area contributed by atoms with Crippen LogP contribution in [0.25, 0.3) is 11.3 Å². The normalized spacial score (nSPS) is 23.9. The Morgan fingerprint density at radius 2 is 1.73 bits per heavy atom. The predicted octanol–water partition coefficient (Wildman–Crippen LogP) is 6.29. The number of sulfonamides is 1. The Morgan fingerprint density at radius 3 is 2.40 bits per heavy atom. The van der Waals surface area contributed by atoms with Crippen molar-refractivity contribution in [3.05, 3.63) is 65.2 Å². The molecule has 2 heterocycles. The highest BCUT2D eigenvalue weighted by Crippen LogP contribution is 2.49. The molecule has 1 N–H and O–H groups in total. The van der Waals surface area contributed by atoms with Crippen LogP contribution >= 0.6 is 0 Å². The molecule has 1 aromatic heterocycles. The van der Waals surface area contributed by atoms with Gasteiger partial charge in [0.25, 0.3) is 10.0 Å². The average Bonchev–Trinajstić information content (AvgIpc) is 2.84. The number of aryl methyl sites for hydroxylation is 2. The van der Waals surface area contributed by atoms with Gasteiger partial charge in [0.15, 0.2) is 0 Å². The smallest absolute Gasteiger partial charge is 0.264 e. The molecule has 2 aromatic carbocycles. The van der Waals surface area contributed by atoms with Gasteiger partial charge in [-0.1, -0.05) is 44.2 Å². The van der Waals surface area contributed by atoms with Gasteiger partial charge in [0.05, 0.1) is 17.2 Å². The van der Waals surface area contributed by atoms with Crippen LogP contribution in [0.2, 0.25) is 0 Å². The number of rotatable bonds is 6. The fourth-order valence-corrected chi connectivity index (χ4v) is 7.75. The van der Waals surface area contributed by atoms with Crippen LogP contribution in [0.15, 0.2) is 53.4 Å². The van der Waals surface area contributed by atoms with E-state index in [1.165, 1.54) is 0 Å². The van der Waals surface area contributed by atoms with Crippen LogP contribution < -0.4 is 9.46 Å². The highest BCUT2D eigenvalue weighted by atomic mass is 32.2.